The van der Waals surface area contributed by atoms with E-state index < -0.39 is 0 Å². The maximum Gasteiger partial charge on any atom is 0.279 e. The fourth-order valence-electron chi connectivity index (χ4n) is 3.66. The van der Waals surface area contributed by atoms with E-state index in [2.05, 4.69) is 10.9 Å². The number of amides is 2. The van der Waals surface area contributed by atoms with Crippen LogP contribution in [0.4, 0.5) is 0 Å². The van der Waals surface area contributed by atoms with Gasteiger partial charge in [0.1, 0.15) is 0 Å². The highest BCUT2D eigenvalue weighted by Crippen LogP contribution is 2.29. The number of aryl methyl sites for hydroxylation is 2. The van der Waals surface area contributed by atoms with Crippen LogP contribution in [0.2, 0.25) is 0 Å². The molecule has 2 aliphatic carbocycles. The van der Waals surface area contributed by atoms with E-state index in [1.807, 2.05) is 6.07 Å². The Labute approximate surface area is 142 Å². The number of thiophene rings is 1. The summed E-state index contributed by atoms with van der Waals surface area (Å²) in [5.74, 6) is 0.435. The maximum atomic E-state index is 12.2. The first-order chi connectivity index (χ1) is 11.2. The van der Waals surface area contributed by atoms with Gasteiger partial charge in [0, 0.05) is 11.3 Å². The molecule has 0 atom stereocenters. The Morgan fingerprint density at radius 1 is 1.04 bits per heavy atom. The van der Waals surface area contributed by atoms with Crippen LogP contribution < -0.4 is 10.9 Å². The van der Waals surface area contributed by atoms with Crippen LogP contribution in [-0.4, -0.2) is 11.8 Å². The predicted molar refractivity (Wildman–Crippen MR) is 92.4 cm³/mol. The summed E-state index contributed by atoms with van der Waals surface area (Å²) in [5, 5.41) is 0. The van der Waals surface area contributed by atoms with Crippen molar-refractivity contribution >= 4 is 23.2 Å². The van der Waals surface area contributed by atoms with Gasteiger partial charge >= 0.3 is 0 Å². The van der Waals surface area contributed by atoms with E-state index in [4.69, 9.17) is 0 Å². The highest BCUT2D eigenvalue weighted by molar-refractivity contribution is 7.14. The van der Waals surface area contributed by atoms with Gasteiger partial charge < -0.3 is 0 Å². The number of hydrazine groups is 1. The van der Waals surface area contributed by atoms with Crippen LogP contribution in [0.25, 0.3) is 0 Å². The van der Waals surface area contributed by atoms with Gasteiger partial charge in [-0.1, -0.05) is 32.1 Å². The third kappa shape index (κ3) is 4.56. The van der Waals surface area contributed by atoms with Crippen molar-refractivity contribution in [2.45, 2.75) is 70.6 Å². The lowest BCUT2D eigenvalue weighted by molar-refractivity contribution is -0.122. The van der Waals surface area contributed by atoms with E-state index >= 15 is 0 Å². The molecule has 23 heavy (non-hydrogen) atoms. The normalized spacial score (nSPS) is 18.3. The molecular formula is C18H26N2O2S. The van der Waals surface area contributed by atoms with Crippen molar-refractivity contribution in [3.8, 4) is 0 Å². The van der Waals surface area contributed by atoms with Crippen molar-refractivity contribution in [2.24, 2.45) is 5.92 Å². The largest absolute Gasteiger partial charge is 0.279 e. The van der Waals surface area contributed by atoms with E-state index in [9.17, 15) is 9.59 Å². The molecule has 1 heterocycles. The van der Waals surface area contributed by atoms with Gasteiger partial charge in [-0.2, -0.15) is 0 Å². The molecule has 0 aromatic carbocycles. The average molecular weight is 334 g/mol. The Bertz CT molecular complexity index is 538. The van der Waals surface area contributed by atoms with Gasteiger partial charge in [0.15, 0.2) is 0 Å². The van der Waals surface area contributed by atoms with E-state index in [1.54, 1.807) is 11.3 Å². The van der Waals surface area contributed by atoms with E-state index in [0.717, 1.165) is 19.3 Å². The van der Waals surface area contributed by atoms with Crippen molar-refractivity contribution in [1.82, 2.24) is 10.9 Å². The minimum absolute atomic E-state index is 0.0802. The first-order valence-electron chi connectivity index (χ1n) is 8.93. The third-order valence-corrected chi connectivity index (χ3v) is 6.28. The number of hydrogen-bond acceptors (Lipinski definition) is 3. The summed E-state index contributed by atoms with van der Waals surface area (Å²) >= 11 is 1.58. The first kappa shape index (κ1) is 16.5. The molecule has 2 N–H and O–H groups in total. The fourth-order valence-corrected chi connectivity index (χ4v) is 4.81. The van der Waals surface area contributed by atoms with Crippen molar-refractivity contribution in [2.75, 3.05) is 0 Å². The topological polar surface area (TPSA) is 58.2 Å². The highest BCUT2D eigenvalue weighted by atomic mass is 32.1. The zero-order valence-electron chi connectivity index (χ0n) is 13.7. The van der Waals surface area contributed by atoms with E-state index in [1.165, 1.54) is 55.4 Å². The van der Waals surface area contributed by atoms with Crippen LogP contribution in [0.15, 0.2) is 6.07 Å². The van der Waals surface area contributed by atoms with Crippen LogP contribution in [0.3, 0.4) is 0 Å². The molecule has 5 heteroatoms. The zero-order valence-corrected chi connectivity index (χ0v) is 14.5. The molecule has 0 spiro atoms. The molecule has 1 aromatic heterocycles. The van der Waals surface area contributed by atoms with Gasteiger partial charge in [0.2, 0.25) is 5.91 Å². The Balaban J connectivity index is 1.44. The molecule has 1 saturated carbocycles. The van der Waals surface area contributed by atoms with Crippen molar-refractivity contribution in [3.63, 3.8) is 0 Å². The minimum atomic E-state index is -0.183. The SMILES string of the molecule is O=C(CCC1CCCC1)NNC(=O)c1cc2c(s1)CCCCC2. The second-order valence-electron chi connectivity index (χ2n) is 6.81. The molecule has 3 rings (SSSR count). The van der Waals surface area contributed by atoms with E-state index in [-0.39, 0.29) is 11.8 Å². The fraction of sp³-hybridized carbons (Fsp3) is 0.667. The van der Waals surface area contributed by atoms with Crippen LogP contribution in [-0.2, 0) is 17.6 Å². The summed E-state index contributed by atoms with van der Waals surface area (Å²) in [6, 6.07) is 2.01. The van der Waals surface area contributed by atoms with Crippen molar-refractivity contribution < 1.29 is 9.59 Å². The predicted octanol–water partition coefficient (Wildman–Crippen LogP) is 3.75. The molecule has 2 aliphatic rings. The Morgan fingerprint density at radius 3 is 2.65 bits per heavy atom. The summed E-state index contributed by atoms with van der Waals surface area (Å²) in [5.41, 5.74) is 6.46. The summed E-state index contributed by atoms with van der Waals surface area (Å²) in [4.78, 5) is 26.1. The van der Waals surface area contributed by atoms with Crippen LogP contribution in [0.5, 0.6) is 0 Å². The van der Waals surface area contributed by atoms with Gasteiger partial charge in [0.05, 0.1) is 4.88 Å². The molecule has 0 saturated heterocycles. The molecule has 0 radical (unpaired) electrons. The minimum Gasteiger partial charge on any atom is -0.273 e. The lowest BCUT2D eigenvalue weighted by Gasteiger charge is -2.09. The summed E-state index contributed by atoms with van der Waals surface area (Å²) in [6.07, 6.45) is 12.4. The lowest BCUT2D eigenvalue weighted by atomic mass is 10.0. The number of fused-ring (bicyclic) bond motifs is 1. The number of nitrogens with one attached hydrogen (secondary N) is 2. The monoisotopic (exact) mass is 334 g/mol. The smallest absolute Gasteiger partial charge is 0.273 e. The lowest BCUT2D eigenvalue weighted by Crippen LogP contribution is -2.41. The second-order valence-corrected chi connectivity index (χ2v) is 7.95. The summed E-state index contributed by atoms with van der Waals surface area (Å²) < 4.78 is 0. The Hall–Kier alpha value is -1.36. The molecule has 4 nitrogen and oxygen atoms in total. The number of hydrogen-bond donors (Lipinski definition) is 2. The highest BCUT2D eigenvalue weighted by Gasteiger charge is 2.18. The van der Waals surface area contributed by atoms with Crippen molar-refractivity contribution in [1.29, 1.82) is 0 Å². The van der Waals surface area contributed by atoms with Gasteiger partial charge in [0.25, 0.3) is 5.91 Å². The average Bonchev–Trinajstić information content (AvgIpc) is 3.16. The first-order valence-corrected chi connectivity index (χ1v) is 9.75. The van der Waals surface area contributed by atoms with Crippen LogP contribution in [0.1, 0.15) is 77.9 Å². The van der Waals surface area contributed by atoms with Crippen LogP contribution in [0, 0.1) is 5.92 Å². The molecule has 1 aromatic rings. The molecule has 0 unspecified atom stereocenters. The van der Waals surface area contributed by atoms with Gasteiger partial charge in [-0.15, -0.1) is 11.3 Å². The second kappa shape index (κ2) is 7.95. The molecule has 0 bridgehead atoms. The molecule has 126 valence electrons. The zero-order chi connectivity index (χ0) is 16.1. The summed E-state index contributed by atoms with van der Waals surface area (Å²) in [7, 11) is 0. The standard InChI is InChI=1S/C18H26N2O2S/c21-17(11-10-13-6-4-5-7-13)19-20-18(22)16-12-14-8-2-1-3-9-15(14)23-16/h12-13H,1-11H2,(H,19,21)(H,20,22). The molecular weight excluding hydrogens is 308 g/mol. The molecule has 1 fully saturated rings. The maximum absolute atomic E-state index is 12.2. The quantitative estimate of drug-likeness (QED) is 0.651. The summed E-state index contributed by atoms with van der Waals surface area (Å²) in [6.45, 7) is 0. The van der Waals surface area contributed by atoms with Gasteiger partial charge in [-0.05, 0) is 49.7 Å². The van der Waals surface area contributed by atoms with Crippen LogP contribution >= 0.6 is 11.3 Å². The molecule has 0 aliphatic heterocycles. The van der Waals surface area contributed by atoms with E-state index in [0.29, 0.717) is 17.2 Å². The number of carbonyl (C=O) groups excluding carboxylic acids is 2. The third-order valence-electron chi connectivity index (χ3n) is 5.04. The molecule has 2 amide bonds. The van der Waals surface area contributed by atoms with Gasteiger partial charge in [-0.3, -0.25) is 20.4 Å². The van der Waals surface area contributed by atoms with Gasteiger partial charge in [-0.25, -0.2) is 0 Å². The number of carbonyl (C=O) groups is 2. The Kier molecular flexibility index (Phi) is 5.70. The van der Waals surface area contributed by atoms with Crippen molar-refractivity contribution in [3.05, 3.63) is 21.4 Å². The Morgan fingerprint density at radius 2 is 1.83 bits per heavy atom. The number of rotatable bonds is 4.